The largest absolute Gasteiger partial charge is 0.443 e. The number of aryl methyl sites for hydroxylation is 3. The topological polar surface area (TPSA) is 75.4 Å². The number of nitrogens with one attached hydrogen (secondary N) is 1. The second kappa shape index (κ2) is 7.96. The summed E-state index contributed by atoms with van der Waals surface area (Å²) in [6.45, 7) is 10.8. The van der Waals surface area contributed by atoms with E-state index < -0.39 is 0 Å². The molecule has 0 aliphatic rings. The normalized spacial score (nSPS) is 10.6. The third-order valence-electron chi connectivity index (χ3n) is 3.98. The van der Waals surface area contributed by atoms with Crippen molar-refractivity contribution in [3.05, 3.63) is 52.2 Å². The minimum atomic E-state index is -0.195. The molecule has 1 heterocycles. The van der Waals surface area contributed by atoms with Crippen LogP contribution < -0.4 is 5.32 Å². The zero-order chi connectivity index (χ0) is 18.6. The predicted molar refractivity (Wildman–Crippen MR) is 95.6 cm³/mol. The Hall–Kier alpha value is -2.63. The fourth-order valence-corrected chi connectivity index (χ4v) is 2.75. The lowest BCUT2D eigenvalue weighted by atomic mass is 10.1. The zero-order valence-electron chi connectivity index (χ0n) is 15.5. The number of hydrogen-bond donors (Lipinski definition) is 1. The lowest BCUT2D eigenvalue weighted by Gasteiger charge is -2.16. The van der Waals surface area contributed by atoms with Gasteiger partial charge in [0.05, 0.1) is 6.54 Å². The smallest absolute Gasteiger partial charge is 0.276 e. The number of carbonyl (C=O) groups is 2. The summed E-state index contributed by atoms with van der Waals surface area (Å²) < 4.78 is 5.54. The fourth-order valence-electron chi connectivity index (χ4n) is 2.75. The maximum atomic E-state index is 12.4. The number of carbonyl (C=O) groups excluding carboxylic acids is 2. The average Bonchev–Trinajstić information content (AvgIpc) is 2.93. The lowest BCUT2D eigenvalue weighted by molar-refractivity contribution is 0.0766. The molecular formula is C19H25N3O3. The maximum Gasteiger partial charge on any atom is 0.276 e. The Kier molecular flexibility index (Phi) is 5.96. The van der Waals surface area contributed by atoms with Gasteiger partial charge in [-0.25, -0.2) is 4.98 Å². The van der Waals surface area contributed by atoms with Gasteiger partial charge in [-0.05, 0) is 46.8 Å². The van der Waals surface area contributed by atoms with Gasteiger partial charge >= 0.3 is 0 Å². The second-order valence-electron chi connectivity index (χ2n) is 6.05. The van der Waals surface area contributed by atoms with E-state index in [1.807, 2.05) is 45.9 Å². The highest BCUT2D eigenvalue weighted by molar-refractivity contribution is 5.94. The van der Waals surface area contributed by atoms with Crippen LogP contribution in [0, 0.1) is 20.8 Å². The summed E-state index contributed by atoms with van der Waals surface area (Å²) in [6, 6.07) is 5.68. The molecule has 1 aromatic carbocycles. The van der Waals surface area contributed by atoms with Gasteiger partial charge in [0, 0.05) is 18.7 Å². The number of rotatable bonds is 6. The van der Waals surface area contributed by atoms with Gasteiger partial charge in [-0.2, -0.15) is 0 Å². The van der Waals surface area contributed by atoms with Crippen molar-refractivity contribution >= 4 is 11.8 Å². The van der Waals surface area contributed by atoms with Crippen LogP contribution in [0.3, 0.4) is 0 Å². The zero-order valence-corrected chi connectivity index (χ0v) is 15.5. The SMILES string of the molecule is CCN(CC)C(=O)c1nc(CNC(=O)c2cc(C)cc(C)c2)oc1C. The van der Waals surface area contributed by atoms with E-state index in [9.17, 15) is 9.59 Å². The predicted octanol–water partition coefficient (Wildman–Crippen LogP) is 3.01. The second-order valence-corrected chi connectivity index (χ2v) is 6.05. The Bertz CT molecular complexity index is 756. The van der Waals surface area contributed by atoms with E-state index in [2.05, 4.69) is 10.3 Å². The molecular weight excluding hydrogens is 318 g/mol. The number of amides is 2. The van der Waals surface area contributed by atoms with E-state index >= 15 is 0 Å². The van der Waals surface area contributed by atoms with Gasteiger partial charge in [0.15, 0.2) is 5.69 Å². The van der Waals surface area contributed by atoms with Gasteiger partial charge in [0.1, 0.15) is 5.76 Å². The molecule has 2 aromatic rings. The van der Waals surface area contributed by atoms with Gasteiger partial charge in [-0.3, -0.25) is 9.59 Å². The van der Waals surface area contributed by atoms with Crippen molar-refractivity contribution in [3.63, 3.8) is 0 Å². The Morgan fingerprint density at radius 3 is 2.24 bits per heavy atom. The Balaban J connectivity index is 2.08. The van der Waals surface area contributed by atoms with Crippen LogP contribution in [0.25, 0.3) is 0 Å². The number of aromatic nitrogens is 1. The molecule has 0 radical (unpaired) electrons. The molecule has 1 aromatic heterocycles. The minimum Gasteiger partial charge on any atom is -0.443 e. The van der Waals surface area contributed by atoms with E-state index in [1.54, 1.807) is 11.8 Å². The highest BCUT2D eigenvalue weighted by Gasteiger charge is 2.21. The van der Waals surface area contributed by atoms with Crippen molar-refractivity contribution in [1.82, 2.24) is 15.2 Å². The molecule has 0 unspecified atom stereocenters. The van der Waals surface area contributed by atoms with Crippen LogP contribution in [-0.4, -0.2) is 34.8 Å². The Labute approximate surface area is 148 Å². The molecule has 2 amide bonds. The summed E-state index contributed by atoms with van der Waals surface area (Å²) in [5, 5.41) is 2.79. The molecule has 0 saturated heterocycles. The van der Waals surface area contributed by atoms with Crippen LogP contribution >= 0.6 is 0 Å². The molecule has 0 spiro atoms. The van der Waals surface area contributed by atoms with Crippen LogP contribution in [-0.2, 0) is 6.54 Å². The third-order valence-corrected chi connectivity index (χ3v) is 3.98. The Morgan fingerprint density at radius 2 is 1.68 bits per heavy atom. The van der Waals surface area contributed by atoms with E-state index in [-0.39, 0.29) is 18.4 Å². The van der Waals surface area contributed by atoms with Crippen LogP contribution in [0.4, 0.5) is 0 Å². The van der Waals surface area contributed by atoms with Crippen LogP contribution in [0.1, 0.15) is 57.5 Å². The molecule has 134 valence electrons. The van der Waals surface area contributed by atoms with Crippen molar-refractivity contribution in [2.75, 3.05) is 13.1 Å². The minimum absolute atomic E-state index is 0.137. The first kappa shape index (κ1) is 18.7. The van der Waals surface area contributed by atoms with Crippen molar-refractivity contribution in [2.45, 2.75) is 41.2 Å². The Morgan fingerprint density at radius 1 is 1.08 bits per heavy atom. The molecule has 0 saturated carbocycles. The van der Waals surface area contributed by atoms with Gasteiger partial charge in [-0.15, -0.1) is 0 Å². The summed E-state index contributed by atoms with van der Waals surface area (Å²) in [7, 11) is 0. The fraction of sp³-hybridized carbons (Fsp3) is 0.421. The van der Waals surface area contributed by atoms with Crippen molar-refractivity contribution in [3.8, 4) is 0 Å². The molecule has 0 bridgehead atoms. The first-order valence-electron chi connectivity index (χ1n) is 8.47. The molecule has 0 aliphatic carbocycles. The van der Waals surface area contributed by atoms with Gasteiger partial charge < -0.3 is 14.6 Å². The number of hydrogen-bond acceptors (Lipinski definition) is 4. The molecule has 6 nitrogen and oxygen atoms in total. The van der Waals surface area contributed by atoms with Crippen LogP contribution in [0.2, 0.25) is 0 Å². The molecule has 1 N–H and O–H groups in total. The van der Waals surface area contributed by atoms with Crippen molar-refractivity contribution in [2.24, 2.45) is 0 Å². The monoisotopic (exact) mass is 343 g/mol. The van der Waals surface area contributed by atoms with Gasteiger partial charge in [-0.1, -0.05) is 17.2 Å². The number of benzene rings is 1. The van der Waals surface area contributed by atoms with Crippen molar-refractivity contribution in [1.29, 1.82) is 0 Å². The number of oxazole rings is 1. The maximum absolute atomic E-state index is 12.4. The van der Waals surface area contributed by atoms with E-state index in [0.717, 1.165) is 11.1 Å². The number of nitrogens with zero attached hydrogens (tertiary/aromatic N) is 2. The standard InChI is InChI=1S/C19H25N3O3/c1-6-22(7-2)19(24)17-14(5)25-16(21-17)11-20-18(23)15-9-12(3)8-13(4)10-15/h8-10H,6-7,11H2,1-5H3,(H,20,23). The molecule has 6 heteroatoms. The molecule has 0 fully saturated rings. The summed E-state index contributed by atoms with van der Waals surface area (Å²) in [5.41, 5.74) is 2.97. The quantitative estimate of drug-likeness (QED) is 0.875. The summed E-state index contributed by atoms with van der Waals surface area (Å²) in [4.78, 5) is 30.6. The van der Waals surface area contributed by atoms with Crippen molar-refractivity contribution < 1.29 is 14.0 Å². The van der Waals surface area contributed by atoms with Crippen LogP contribution in [0.15, 0.2) is 22.6 Å². The highest BCUT2D eigenvalue weighted by Crippen LogP contribution is 2.13. The molecule has 2 rings (SSSR count). The van der Waals surface area contributed by atoms with Gasteiger partial charge in [0.2, 0.25) is 5.89 Å². The van der Waals surface area contributed by atoms with Crippen LogP contribution in [0.5, 0.6) is 0 Å². The average molecular weight is 343 g/mol. The first-order valence-corrected chi connectivity index (χ1v) is 8.47. The highest BCUT2D eigenvalue weighted by atomic mass is 16.4. The summed E-state index contributed by atoms with van der Waals surface area (Å²) in [5.74, 6) is 0.440. The summed E-state index contributed by atoms with van der Waals surface area (Å²) in [6.07, 6.45) is 0. The van der Waals surface area contributed by atoms with E-state index in [1.165, 1.54) is 0 Å². The summed E-state index contributed by atoms with van der Waals surface area (Å²) >= 11 is 0. The molecule has 0 aliphatic heterocycles. The van der Waals surface area contributed by atoms with E-state index in [0.29, 0.717) is 36.0 Å². The molecule has 0 atom stereocenters. The lowest BCUT2D eigenvalue weighted by Crippen LogP contribution is -2.31. The first-order chi connectivity index (χ1) is 11.8. The third kappa shape index (κ3) is 4.47. The van der Waals surface area contributed by atoms with Gasteiger partial charge in [0.25, 0.3) is 11.8 Å². The van der Waals surface area contributed by atoms with E-state index in [4.69, 9.17) is 4.42 Å². The molecule has 25 heavy (non-hydrogen) atoms.